The third kappa shape index (κ3) is 14.1. The van der Waals surface area contributed by atoms with Crippen LogP contribution in [0.5, 0.6) is 0 Å². The maximum Gasteiger partial charge on any atom is 0.0723 e. The average molecular weight is 467 g/mol. The number of hydrogen-bond acceptors (Lipinski definition) is 4. The van der Waals surface area contributed by atoms with E-state index in [4.69, 9.17) is 9.47 Å². The smallest absolute Gasteiger partial charge is 0.0723 e. The highest BCUT2D eigenvalue weighted by Gasteiger charge is 2.23. The molecule has 0 aromatic heterocycles. The fraction of sp³-hybridized carbons (Fsp3) is 1.00. The van der Waals surface area contributed by atoms with Gasteiger partial charge in [0.2, 0.25) is 0 Å². The van der Waals surface area contributed by atoms with Crippen molar-refractivity contribution in [3.63, 3.8) is 0 Å². The SMILES string of the molecule is CCCCCOC(CSSCC(OCCCCC)[SiH](CC)CC)[SiH](CC)CC. The van der Waals surface area contributed by atoms with E-state index in [1.807, 2.05) is 0 Å². The summed E-state index contributed by atoms with van der Waals surface area (Å²) in [4.78, 5) is 0. The van der Waals surface area contributed by atoms with E-state index in [9.17, 15) is 0 Å². The van der Waals surface area contributed by atoms with E-state index in [1.54, 1.807) is 0 Å². The molecule has 0 radical (unpaired) electrons. The van der Waals surface area contributed by atoms with Gasteiger partial charge in [-0.3, -0.25) is 0 Å². The van der Waals surface area contributed by atoms with Crippen LogP contribution < -0.4 is 0 Å². The molecule has 2 unspecified atom stereocenters. The van der Waals surface area contributed by atoms with Gasteiger partial charge < -0.3 is 9.47 Å². The number of ether oxygens (including phenoxy) is 2. The first-order valence-electron chi connectivity index (χ1n) is 12.2. The van der Waals surface area contributed by atoms with Crippen LogP contribution in [0, 0.1) is 0 Å². The van der Waals surface area contributed by atoms with Gasteiger partial charge in [0.25, 0.3) is 0 Å². The lowest BCUT2D eigenvalue weighted by molar-refractivity contribution is 0.112. The molecular formula is C22H50O2S2Si2. The Kier molecular flexibility index (Phi) is 22.1. The second kappa shape index (κ2) is 21.3. The van der Waals surface area contributed by atoms with Crippen molar-refractivity contribution in [2.45, 2.75) is 116 Å². The normalized spacial score (nSPS) is 14.1. The van der Waals surface area contributed by atoms with E-state index in [0.717, 1.165) is 13.2 Å². The Labute approximate surface area is 188 Å². The summed E-state index contributed by atoms with van der Waals surface area (Å²) in [5.41, 5.74) is 1.11. The van der Waals surface area contributed by atoms with Crippen LogP contribution in [0.1, 0.15) is 80.1 Å². The minimum absolute atomic E-state index is 0.554. The molecule has 0 aliphatic heterocycles. The van der Waals surface area contributed by atoms with Gasteiger partial charge in [0.15, 0.2) is 0 Å². The minimum Gasteiger partial charge on any atom is -0.381 e. The van der Waals surface area contributed by atoms with Crippen LogP contribution >= 0.6 is 21.6 Å². The molecule has 170 valence electrons. The van der Waals surface area contributed by atoms with Crippen molar-refractivity contribution in [3.8, 4) is 0 Å². The van der Waals surface area contributed by atoms with Gasteiger partial charge >= 0.3 is 0 Å². The monoisotopic (exact) mass is 466 g/mol. The molecule has 0 aromatic rings. The molecule has 0 aromatic carbocycles. The van der Waals surface area contributed by atoms with Crippen LogP contribution in [-0.4, -0.2) is 53.8 Å². The topological polar surface area (TPSA) is 18.5 Å². The number of rotatable bonds is 21. The van der Waals surface area contributed by atoms with Crippen LogP contribution in [0.3, 0.4) is 0 Å². The van der Waals surface area contributed by atoms with E-state index in [1.165, 1.54) is 74.2 Å². The lowest BCUT2D eigenvalue weighted by atomic mass is 10.3. The summed E-state index contributed by atoms with van der Waals surface area (Å²) >= 11 is 0. The molecule has 0 rings (SSSR count). The van der Waals surface area contributed by atoms with Gasteiger partial charge in [-0.2, -0.15) is 0 Å². The number of hydrogen-bond donors (Lipinski definition) is 0. The predicted octanol–water partition coefficient (Wildman–Crippen LogP) is 7.13. The molecule has 0 fully saturated rings. The Morgan fingerprint density at radius 1 is 0.571 bits per heavy atom. The quantitative estimate of drug-likeness (QED) is 0.102. The summed E-state index contributed by atoms with van der Waals surface area (Å²) in [7, 11) is 2.60. The largest absolute Gasteiger partial charge is 0.381 e. The fourth-order valence-corrected chi connectivity index (χ4v) is 13.4. The van der Waals surface area contributed by atoms with Gasteiger partial charge in [-0.05, 0) is 12.8 Å². The highest BCUT2D eigenvalue weighted by Crippen LogP contribution is 2.28. The van der Waals surface area contributed by atoms with Gasteiger partial charge in [-0.25, -0.2) is 0 Å². The van der Waals surface area contributed by atoms with Crippen molar-refractivity contribution >= 4 is 39.2 Å². The molecule has 0 heterocycles. The Hall–Kier alpha value is 1.05. The first-order valence-corrected chi connectivity index (χ1v) is 19.2. The van der Waals surface area contributed by atoms with Crippen LogP contribution in [0.25, 0.3) is 0 Å². The highest BCUT2D eigenvalue weighted by molar-refractivity contribution is 8.76. The first kappa shape index (κ1) is 29.1. The molecular weight excluding hydrogens is 417 g/mol. The molecule has 0 N–H and O–H groups in total. The van der Waals surface area contributed by atoms with Crippen LogP contribution in [0.2, 0.25) is 24.2 Å². The molecule has 0 amide bonds. The van der Waals surface area contributed by atoms with Crippen molar-refractivity contribution < 1.29 is 9.47 Å². The summed E-state index contributed by atoms with van der Waals surface area (Å²) in [6.45, 7) is 16.0. The molecule has 28 heavy (non-hydrogen) atoms. The summed E-state index contributed by atoms with van der Waals surface area (Å²) in [5.74, 6) is 2.37. The standard InChI is InChI=1S/C22H50O2S2Si2/c1-7-13-15-17-23-21(27(9-3)10-4)19-25-26-20-22(28(11-5)12-6)24-18-16-14-8-2/h21-22,27-28H,7-20H2,1-6H3. The third-order valence-electron chi connectivity index (χ3n) is 5.86. The van der Waals surface area contributed by atoms with E-state index in [0.29, 0.717) is 11.5 Å². The van der Waals surface area contributed by atoms with Crippen molar-refractivity contribution in [1.82, 2.24) is 0 Å². The van der Waals surface area contributed by atoms with Crippen LogP contribution in [-0.2, 0) is 9.47 Å². The van der Waals surface area contributed by atoms with Crippen LogP contribution in [0.15, 0.2) is 0 Å². The van der Waals surface area contributed by atoms with E-state index >= 15 is 0 Å². The number of unbranched alkanes of at least 4 members (excludes halogenated alkanes) is 4. The summed E-state index contributed by atoms with van der Waals surface area (Å²) in [6, 6.07) is 5.46. The van der Waals surface area contributed by atoms with Crippen LogP contribution in [0.4, 0.5) is 0 Å². The van der Waals surface area contributed by atoms with E-state index in [-0.39, 0.29) is 0 Å². The third-order valence-corrected chi connectivity index (χ3v) is 16.1. The summed E-state index contributed by atoms with van der Waals surface area (Å²) in [6.07, 6.45) is 7.62. The Balaban J connectivity index is 4.41. The molecule has 0 aliphatic carbocycles. The summed E-state index contributed by atoms with van der Waals surface area (Å²) in [5, 5.41) is 0. The fourth-order valence-electron chi connectivity index (χ4n) is 3.67. The molecule has 0 saturated carbocycles. The van der Waals surface area contributed by atoms with E-state index in [2.05, 4.69) is 63.1 Å². The lowest BCUT2D eigenvalue weighted by Crippen LogP contribution is -2.35. The molecule has 0 bridgehead atoms. The Morgan fingerprint density at radius 2 is 0.929 bits per heavy atom. The zero-order valence-electron chi connectivity index (χ0n) is 19.8. The van der Waals surface area contributed by atoms with Crippen molar-refractivity contribution in [2.24, 2.45) is 0 Å². The van der Waals surface area contributed by atoms with Crippen molar-refractivity contribution in [1.29, 1.82) is 0 Å². The molecule has 0 saturated heterocycles. The Morgan fingerprint density at radius 3 is 1.21 bits per heavy atom. The zero-order chi connectivity index (χ0) is 21.0. The average Bonchev–Trinajstić information content (AvgIpc) is 2.72. The molecule has 6 heteroatoms. The molecule has 0 aliphatic rings. The predicted molar refractivity (Wildman–Crippen MR) is 140 cm³/mol. The van der Waals surface area contributed by atoms with Crippen molar-refractivity contribution in [3.05, 3.63) is 0 Å². The van der Waals surface area contributed by atoms with Gasteiger partial charge in [-0.15, -0.1) is 0 Å². The van der Waals surface area contributed by atoms with Gasteiger partial charge in [0.1, 0.15) is 0 Å². The van der Waals surface area contributed by atoms with Gasteiger partial charge in [0.05, 0.1) is 29.0 Å². The minimum atomic E-state index is -0.763. The van der Waals surface area contributed by atoms with Crippen molar-refractivity contribution in [2.75, 3.05) is 24.7 Å². The Bertz CT molecular complexity index is 287. The second-order valence-corrected chi connectivity index (χ2v) is 18.3. The maximum absolute atomic E-state index is 6.38. The maximum atomic E-state index is 6.38. The zero-order valence-corrected chi connectivity index (χ0v) is 23.8. The first-order chi connectivity index (χ1) is 13.7. The molecule has 2 nitrogen and oxygen atoms in total. The van der Waals surface area contributed by atoms with Gasteiger partial charge in [0, 0.05) is 24.7 Å². The highest BCUT2D eigenvalue weighted by atomic mass is 33.1. The molecule has 2 atom stereocenters. The van der Waals surface area contributed by atoms with Gasteiger partial charge in [-0.1, -0.05) is 113 Å². The summed E-state index contributed by atoms with van der Waals surface area (Å²) < 4.78 is 12.8. The van der Waals surface area contributed by atoms with E-state index < -0.39 is 17.6 Å². The molecule has 0 spiro atoms. The second-order valence-electron chi connectivity index (χ2n) is 7.95. The lowest BCUT2D eigenvalue weighted by Gasteiger charge is -2.26.